The van der Waals surface area contributed by atoms with Gasteiger partial charge in [-0.1, -0.05) is 12.1 Å². The molecule has 0 saturated heterocycles. The minimum atomic E-state index is -0.729. The van der Waals surface area contributed by atoms with Crippen molar-refractivity contribution < 1.29 is 9.31 Å². The SMILES string of the molecule is CNCCc1cccc([N+](=O)[O-])c1F. The Morgan fingerprint density at radius 3 is 2.86 bits per heavy atom. The topological polar surface area (TPSA) is 55.2 Å². The molecular weight excluding hydrogens is 187 g/mol. The van der Waals surface area contributed by atoms with Crippen LogP contribution in [0.2, 0.25) is 0 Å². The van der Waals surface area contributed by atoms with Crippen LogP contribution in [0.1, 0.15) is 5.56 Å². The fourth-order valence-electron chi connectivity index (χ4n) is 1.16. The van der Waals surface area contributed by atoms with Gasteiger partial charge in [0.2, 0.25) is 5.82 Å². The number of nitrogens with zero attached hydrogens (tertiary/aromatic N) is 1. The van der Waals surface area contributed by atoms with Crippen molar-refractivity contribution in [2.24, 2.45) is 0 Å². The number of nitrogens with one attached hydrogen (secondary N) is 1. The molecule has 76 valence electrons. The van der Waals surface area contributed by atoms with Crippen LogP contribution in [0.5, 0.6) is 0 Å². The molecule has 0 spiro atoms. The van der Waals surface area contributed by atoms with E-state index in [-0.39, 0.29) is 0 Å². The van der Waals surface area contributed by atoms with Crippen LogP contribution in [0.4, 0.5) is 10.1 Å². The average Bonchev–Trinajstić information content (AvgIpc) is 2.16. The summed E-state index contributed by atoms with van der Waals surface area (Å²) in [7, 11) is 1.75. The van der Waals surface area contributed by atoms with Gasteiger partial charge in [-0.3, -0.25) is 10.1 Å². The Hall–Kier alpha value is -1.49. The molecule has 0 bridgehead atoms. The van der Waals surface area contributed by atoms with Crippen LogP contribution in [0, 0.1) is 15.9 Å². The Labute approximate surface area is 80.9 Å². The molecule has 0 atom stereocenters. The van der Waals surface area contributed by atoms with Gasteiger partial charge in [-0.2, -0.15) is 4.39 Å². The number of nitro benzene ring substituents is 1. The molecule has 0 aromatic heterocycles. The van der Waals surface area contributed by atoms with Gasteiger partial charge in [-0.25, -0.2) is 0 Å². The molecule has 0 heterocycles. The number of benzene rings is 1. The Balaban J connectivity index is 2.95. The molecule has 0 amide bonds. The molecule has 1 N–H and O–H groups in total. The van der Waals surface area contributed by atoms with E-state index in [1.165, 1.54) is 6.07 Å². The van der Waals surface area contributed by atoms with Crippen molar-refractivity contribution in [2.75, 3.05) is 13.6 Å². The molecule has 0 unspecified atom stereocenters. The summed E-state index contributed by atoms with van der Waals surface area (Å²) in [4.78, 5) is 9.69. The number of halogens is 1. The lowest BCUT2D eigenvalue weighted by molar-refractivity contribution is -0.387. The highest BCUT2D eigenvalue weighted by Gasteiger charge is 2.16. The van der Waals surface area contributed by atoms with Crippen molar-refractivity contribution in [1.82, 2.24) is 5.32 Å². The molecule has 0 radical (unpaired) electrons. The van der Waals surface area contributed by atoms with Gasteiger partial charge in [0.05, 0.1) is 4.92 Å². The third kappa shape index (κ3) is 2.26. The highest BCUT2D eigenvalue weighted by molar-refractivity contribution is 5.36. The molecule has 0 aliphatic heterocycles. The fourth-order valence-corrected chi connectivity index (χ4v) is 1.16. The lowest BCUT2D eigenvalue weighted by Gasteiger charge is -2.02. The van der Waals surface area contributed by atoms with Gasteiger partial charge in [0.15, 0.2) is 0 Å². The van der Waals surface area contributed by atoms with Gasteiger partial charge in [-0.05, 0) is 25.6 Å². The third-order valence-corrected chi connectivity index (χ3v) is 1.90. The minimum absolute atomic E-state index is 0.369. The van der Waals surface area contributed by atoms with E-state index in [4.69, 9.17) is 0 Å². The smallest absolute Gasteiger partial charge is 0.305 e. The average molecular weight is 198 g/mol. The molecule has 1 aromatic rings. The van der Waals surface area contributed by atoms with E-state index in [0.29, 0.717) is 18.5 Å². The van der Waals surface area contributed by atoms with Crippen LogP contribution in [0.3, 0.4) is 0 Å². The maximum Gasteiger partial charge on any atom is 0.305 e. The predicted octanol–water partition coefficient (Wildman–Crippen LogP) is 1.50. The van der Waals surface area contributed by atoms with E-state index in [0.717, 1.165) is 6.07 Å². The Morgan fingerprint density at radius 2 is 2.29 bits per heavy atom. The van der Waals surface area contributed by atoms with Gasteiger partial charge in [0.25, 0.3) is 0 Å². The van der Waals surface area contributed by atoms with E-state index in [1.54, 1.807) is 13.1 Å². The van der Waals surface area contributed by atoms with Crippen molar-refractivity contribution >= 4 is 5.69 Å². The zero-order chi connectivity index (χ0) is 10.6. The van der Waals surface area contributed by atoms with Crippen LogP contribution >= 0.6 is 0 Å². The number of hydrogen-bond acceptors (Lipinski definition) is 3. The summed E-state index contributed by atoms with van der Waals surface area (Å²) in [6.07, 6.45) is 0.448. The predicted molar refractivity (Wildman–Crippen MR) is 50.7 cm³/mol. The van der Waals surface area contributed by atoms with Gasteiger partial charge >= 0.3 is 5.69 Å². The summed E-state index contributed by atoms with van der Waals surface area (Å²) in [6.45, 7) is 0.595. The number of hydrogen-bond donors (Lipinski definition) is 1. The molecule has 0 saturated carbocycles. The summed E-state index contributed by atoms with van der Waals surface area (Å²) in [5, 5.41) is 13.3. The minimum Gasteiger partial charge on any atom is -0.319 e. The molecule has 0 aliphatic rings. The van der Waals surface area contributed by atoms with Gasteiger partial charge in [0, 0.05) is 6.07 Å². The number of rotatable bonds is 4. The Bertz CT molecular complexity index is 342. The second kappa shape index (κ2) is 4.66. The first-order valence-corrected chi connectivity index (χ1v) is 4.23. The first-order valence-electron chi connectivity index (χ1n) is 4.23. The quantitative estimate of drug-likeness (QED) is 0.589. The third-order valence-electron chi connectivity index (χ3n) is 1.90. The second-order valence-electron chi connectivity index (χ2n) is 2.86. The summed E-state index contributed by atoms with van der Waals surface area (Å²) >= 11 is 0. The molecule has 1 aromatic carbocycles. The molecule has 5 heteroatoms. The van der Waals surface area contributed by atoms with Crippen molar-refractivity contribution in [3.63, 3.8) is 0 Å². The zero-order valence-electron chi connectivity index (χ0n) is 7.79. The van der Waals surface area contributed by atoms with Crippen LogP contribution in [-0.2, 0) is 6.42 Å². The standard InChI is InChI=1S/C9H11FN2O2/c1-11-6-5-7-3-2-4-8(9(7)10)12(13)14/h2-4,11H,5-6H2,1H3. The molecule has 14 heavy (non-hydrogen) atoms. The van der Waals surface area contributed by atoms with E-state index < -0.39 is 16.4 Å². The van der Waals surface area contributed by atoms with Crippen molar-refractivity contribution in [1.29, 1.82) is 0 Å². The first-order chi connectivity index (χ1) is 6.66. The maximum absolute atomic E-state index is 13.4. The van der Waals surface area contributed by atoms with Crippen LogP contribution in [-0.4, -0.2) is 18.5 Å². The summed E-state index contributed by atoms with van der Waals surface area (Å²) in [5.74, 6) is -0.729. The molecule has 0 fully saturated rings. The summed E-state index contributed by atoms with van der Waals surface area (Å²) in [5.41, 5.74) is -0.0906. The normalized spacial score (nSPS) is 10.1. The molecular formula is C9H11FN2O2. The molecule has 1 rings (SSSR count). The fraction of sp³-hybridized carbons (Fsp3) is 0.333. The summed E-state index contributed by atoms with van der Waals surface area (Å²) < 4.78 is 13.4. The largest absolute Gasteiger partial charge is 0.319 e. The lowest BCUT2D eigenvalue weighted by Crippen LogP contribution is -2.11. The Morgan fingerprint density at radius 1 is 1.57 bits per heavy atom. The van der Waals surface area contributed by atoms with E-state index in [2.05, 4.69) is 5.32 Å². The van der Waals surface area contributed by atoms with Gasteiger partial charge in [-0.15, -0.1) is 0 Å². The van der Waals surface area contributed by atoms with E-state index in [9.17, 15) is 14.5 Å². The van der Waals surface area contributed by atoms with E-state index >= 15 is 0 Å². The van der Waals surface area contributed by atoms with E-state index in [1.807, 2.05) is 0 Å². The molecule has 4 nitrogen and oxygen atoms in total. The maximum atomic E-state index is 13.4. The summed E-state index contributed by atoms with van der Waals surface area (Å²) in [6, 6.07) is 4.21. The van der Waals surface area contributed by atoms with Crippen molar-refractivity contribution in [3.05, 3.63) is 39.7 Å². The first kappa shape index (κ1) is 10.6. The van der Waals surface area contributed by atoms with Crippen molar-refractivity contribution in [2.45, 2.75) is 6.42 Å². The van der Waals surface area contributed by atoms with Crippen LogP contribution < -0.4 is 5.32 Å². The lowest BCUT2D eigenvalue weighted by atomic mass is 10.1. The zero-order valence-corrected chi connectivity index (χ0v) is 7.79. The number of nitro groups is 1. The van der Waals surface area contributed by atoms with Crippen LogP contribution in [0.15, 0.2) is 18.2 Å². The van der Waals surface area contributed by atoms with Gasteiger partial charge < -0.3 is 5.32 Å². The highest BCUT2D eigenvalue weighted by Crippen LogP contribution is 2.20. The highest BCUT2D eigenvalue weighted by atomic mass is 19.1. The number of likely N-dealkylation sites (N-methyl/N-ethyl adjacent to an activating group) is 1. The monoisotopic (exact) mass is 198 g/mol. The second-order valence-corrected chi connectivity index (χ2v) is 2.86. The molecule has 0 aliphatic carbocycles. The van der Waals surface area contributed by atoms with Crippen molar-refractivity contribution in [3.8, 4) is 0 Å². The Kier molecular flexibility index (Phi) is 3.53. The van der Waals surface area contributed by atoms with Crippen LogP contribution in [0.25, 0.3) is 0 Å². The van der Waals surface area contributed by atoms with Gasteiger partial charge in [0.1, 0.15) is 0 Å².